The van der Waals surface area contributed by atoms with Gasteiger partial charge in [0, 0.05) is 56.8 Å². The van der Waals surface area contributed by atoms with E-state index in [1.165, 1.54) is 0 Å². The summed E-state index contributed by atoms with van der Waals surface area (Å²) in [5.74, 6) is 0.763. The van der Waals surface area contributed by atoms with Crippen molar-refractivity contribution in [1.82, 2.24) is 19.4 Å². The summed E-state index contributed by atoms with van der Waals surface area (Å²) in [4.78, 5) is 35.6. The summed E-state index contributed by atoms with van der Waals surface area (Å²) in [5.41, 5.74) is 17.1. The molecule has 2 atom stereocenters. The van der Waals surface area contributed by atoms with Crippen LogP contribution in [0.3, 0.4) is 0 Å². The zero-order valence-electron chi connectivity index (χ0n) is 21.5. The largest absolute Gasteiger partial charge is 0.370 e. The molecule has 38 heavy (non-hydrogen) atoms. The van der Waals surface area contributed by atoms with Gasteiger partial charge < -0.3 is 20.9 Å². The third kappa shape index (κ3) is 5.92. The molecular formula is C30H34N6O2. The van der Waals surface area contributed by atoms with Gasteiger partial charge in [-0.2, -0.15) is 0 Å². The molecular weight excluding hydrogens is 476 g/mol. The Balaban J connectivity index is 1.22. The normalized spacial score (nSPS) is 16.4. The second kappa shape index (κ2) is 11.6. The molecule has 4 aromatic rings. The van der Waals surface area contributed by atoms with Crippen LogP contribution in [0.4, 0.5) is 0 Å². The number of fused-ring (bicyclic) bond motifs is 1. The summed E-state index contributed by atoms with van der Waals surface area (Å²) in [7, 11) is 0. The van der Waals surface area contributed by atoms with Gasteiger partial charge in [0.1, 0.15) is 5.82 Å². The standard InChI is InChI=1S/C30H34N6O2/c31-25(18-21-7-9-22(10-8-21)23-11-14-33-15-12-23)19-29(38)35-16-3-4-24(20-35)30-34-26-5-1-2-6-27(26)36(30)17-13-28(32)37/h1-2,5-12,14-15,24-25H,3-4,13,16-20,31H2,(H2,32,37)/t24-,25-/m1/s1. The first-order valence-corrected chi connectivity index (χ1v) is 13.2. The third-order valence-electron chi connectivity index (χ3n) is 7.31. The predicted octanol–water partition coefficient (Wildman–Crippen LogP) is 3.64. The molecule has 2 aromatic heterocycles. The van der Waals surface area contributed by atoms with E-state index < -0.39 is 0 Å². The minimum atomic E-state index is -0.338. The molecule has 1 aliphatic rings. The second-order valence-corrected chi connectivity index (χ2v) is 10.1. The molecule has 1 fully saturated rings. The van der Waals surface area contributed by atoms with Crippen LogP contribution in [0.5, 0.6) is 0 Å². The molecule has 0 spiro atoms. The van der Waals surface area contributed by atoms with Crippen LogP contribution in [0.25, 0.3) is 22.2 Å². The minimum Gasteiger partial charge on any atom is -0.370 e. The number of amides is 2. The van der Waals surface area contributed by atoms with Gasteiger partial charge in [0.05, 0.1) is 11.0 Å². The highest BCUT2D eigenvalue weighted by Crippen LogP contribution is 2.30. The number of imidazole rings is 1. The molecule has 3 heterocycles. The monoisotopic (exact) mass is 510 g/mol. The Morgan fingerprint density at radius 3 is 2.50 bits per heavy atom. The van der Waals surface area contributed by atoms with Gasteiger partial charge in [0.25, 0.3) is 0 Å². The number of likely N-dealkylation sites (tertiary alicyclic amines) is 1. The van der Waals surface area contributed by atoms with Crippen molar-refractivity contribution in [2.75, 3.05) is 13.1 Å². The van der Waals surface area contributed by atoms with Gasteiger partial charge in [0.15, 0.2) is 0 Å². The van der Waals surface area contributed by atoms with E-state index in [4.69, 9.17) is 16.5 Å². The molecule has 0 bridgehead atoms. The van der Waals surface area contributed by atoms with Crippen molar-refractivity contribution >= 4 is 22.8 Å². The van der Waals surface area contributed by atoms with Gasteiger partial charge in [-0.1, -0.05) is 36.4 Å². The van der Waals surface area contributed by atoms with Crippen LogP contribution in [0.15, 0.2) is 73.1 Å². The number of aromatic nitrogens is 3. The molecule has 0 unspecified atom stereocenters. The molecule has 5 rings (SSSR count). The molecule has 2 aromatic carbocycles. The van der Waals surface area contributed by atoms with Gasteiger partial charge in [-0.15, -0.1) is 0 Å². The zero-order chi connectivity index (χ0) is 26.5. The molecule has 4 N–H and O–H groups in total. The number of hydrogen-bond acceptors (Lipinski definition) is 5. The maximum atomic E-state index is 13.2. The zero-order valence-corrected chi connectivity index (χ0v) is 21.5. The maximum absolute atomic E-state index is 13.2. The van der Waals surface area contributed by atoms with Gasteiger partial charge in [-0.3, -0.25) is 14.6 Å². The number of hydrogen-bond donors (Lipinski definition) is 2. The van der Waals surface area contributed by atoms with Crippen LogP contribution >= 0.6 is 0 Å². The maximum Gasteiger partial charge on any atom is 0.224 e. The highest BCUT2D eigenvalue weighted by atomic mass is 16.2. The SMILES string of the molecule is NC(=O)CCn1c([C@@H]2CCCN(C(=O)C[C@H](N)Cc3ccc(-c4ccncc4)cc3)C2)nc2ccccc21. The topological polar surface area (TPSA) is 120 Å². The Kier molecular flexibility index (Phi) is 7.79. The number of primary amides is 1. The van der Waals surface area contributed by atoms with Gasteiger partial charge in [-0.05, 0) is 60.2 Å². The molecule has 0 aliphatic carbocycles. The van der Waals surface area contributed by atoms with Crippen molar-refractivity contribution in [3.63, 3.8) is 0 Å². The Morgan fingerprint density at radius 2 is 1.74 bits per heavy atom. The van der Waals surface area contributed by atoms with Crippen LogP contribution in [0, 0.1) is 0 Å². The highest BCUT2D eigenvalue weighted by Gasteiger charge is 2.29. The van der Waals surface area contributed by atoms with Crippen molar-refractivity contribution in [1.29, 1.82) is 0 Å². The summed E-state index contributed by atoms with van der Waals surface area (Å²) < 4.78 is 2.10. The smallest absolute Gasteiger partial charge is 0.224 e. The number of rotatable bonds is 9. The first kappa shape index (κ1) is 25.6. The molecule has 8 heteroatoms. The number of pyridine rings is 1. The number of nitrogens with two attached hydrogens (primary N) is 2. The lowest BCUT2D eigenvalue weighted by Gasteiger charge is -2.33. The molecule has 0 radical (unpaired) electrons. The van der Waals surface area contributed by atoms with E-state index in [9.17, 15) is 9.59 Å². The van der Waals surface area contributed by atoms with Crippen molar-refractivity contribution in [3.8, 4) is 11.1 Å². The Bertz CT molecular complexity index is 1400. The van der Waals surface area contributed by atoms with Crippen LogP contribution in [-0.4, -0.2) is 50.4 Å². The lowest BCUT2D eigenvalue weighted by molar-refractivity contribution is -0.132. The number of benzene rings is 2. The number of aryl methyl sites for hydroxylation is 1. The van der Waals surface area contributed by atoms with Crippen molar-refractivity contribution in [3.05, 3.63) is 84.4 Å². The van der Waals surface area contributed by atoms with Crippen LogP contribution in [0.1, 0.15) is 43.0 Å². The first-order chi connectivity index (χ1) is 18.5. The summed E-state index contributed by atoms with van der Waals surface area (Å²) >= 11 is 0. The average molecular weight is 511 g/mol. The van der Waals surface area contributed by atoms with Gasteiger partial charge in [0.2, 0.25) is 11.8 Å². The molecule has 0 saturated carbocycles. The van der Waals surface area contributed by atoms with E-state index in [0.717, 1.165) is 52.9 Å². The molecule has 8 nitrogen and oxygen atoms in total. The van der Waals surface area contributed by atoms with E-state index in [1.807, 2.05) is 41.3 Å². The van der Waals surface area contributed by atoms with E-state index in [1.54, 1.807) is 12.4 Å². The summed E-state index contributed by atoms with van der Waals surface area (Å²) in [6.45, 7) is 1.82. The molecule has 2 amide bonds. The van der Waals surface area contributed by atoms with Crippen LogP contribution in [0.2, 0.25) is 0 Å². The number of nitrogens with zero attached hydrogens (tertiary/aromatic N) is 4. The van der Waals surface area contributed by atoms with E-state index >= 15 is 0 Å². The van der Waals surface area contributed by atoms with Crippen molar-refractivity contribution in [2.24, 2.45) is 11.5 Å². The highest BCUT2D eigenvalue weighted by molar-refractivity contribution is 5.78. The van der Waals surface area contributed by atoms with Crippen LogP contribution < -0.4 is 11.5 Å². The fourth-order valence-electron chi connectivity index (χ4n) is 5.38. The number of carbonyl (C=O) groups is 2. The van der Waals surface area contributed by atoms with E-state index in [0.29, 0.717) is 25.9 Å². The average Bonchev–Trinajstić information content (AvgIpc) is 3.31. The summed E-state index contributed by atoms with van der Waals surface area (Å²) in [6.07, 6.45) is 6.61. The first-order valence-electron chi connectivity index (χ1n) is 13.2. The van der Waals surface area contributed by atoms with Crippen molar-refractivity contribution < 1.29 is 9.59 Å². The van der Waals surface area contributed by atoms with Gasteiger partial charge in [-0.25, -0.2) is 4.98 Å². The quantitative estimate of drug-likeness (QED) is 0.356. The molecule has 1 aliphatic heterocycles. The van der Waals surface area contributed by atoms with Crippen molar-refractivity contribution in [2.45, 2.75) is 50.6 Å². The van der Waals surface area contributed by atoms with E-state index in [2.05, 4.69) is 33.8 Å². The lowest BCUT2D eigenvalue weighted by Crippen LogP contribution is -2.42. The number of piperidine rings is 1. The second-order valence-electron chi connectivity index (χ2n) is 10.1. The predicted molar refractivity (Wildman–Crippen MR) is 148 cm³/mol. The van der Waals surface area contributed by atoms with Gasteiger partial charge >= 0.3 is 0 Å². The summed E-state index contributed by atoms with van der Waals surface area (Å²) in [6, 6.07) is 20.0. The number of para-hydroxylation sites is 2. The molecule has 196 valence electrons. The van der Waals surface area contributed by atoms with Crippen LogP contribution in [-0.2, 0) is 22.6 Å². The lowest BCUT2D eigenvalue weighted by atomic mass is 9.95. The van der Waals surface area contributed by atoms with E-state index in [-0.39, 0.29) is 30.2 Å². The Labute approximate surface area is 222 Å². The number of carbonyl (C=O) groups excluding carboxylic acids is 2. The fourth-order valence-corrected chi connectivity index (χ4v) is 5.38. The minimum absolute atomic E-state index is 0.0791. The third-order valence-corrected chi connectivity index (χ3v) is 7.31. The molecule has 1 saturated heterocycles. The Morgan fingerprint density at radius 1 is 1.00 bits per heavy atom. The summed E-state index contributed by atoms with van der Waals surface area (Å²) in [5, 5.41) is 0. The fraction of sp³-hybridized carbons (Fsp3) is 0.333. The Hall–Kier alpha value is -4.04.